The Morgan fingerprint density at radius 2 is 1.87 bits per heavy atom. The van der Waals surface area contributed by atoms with E-state index in [0.717, 1.165) is 11.1 Å². The molecule has 2 saturated heterocycles. The fourth-order valence-corrected chi connectivity index (χ4v) is 6.73. The summed E-state index contributed by atoms with van der Waals surface area (Å²) in [5, 5.41) is 6.73. The highest BCUT2D eigenvalue weighted by Gasteiger charge is 2.54. The predicted octanol–water partition coefficient (Wildman–Crippen LogP) is 3.65. The van der Waals surface area contributed by atoms with E-state index in [-0.39, 0.29) is 37.0 Å². The van der Waals surface area contributed by atoms with Crippen LogP contribution in [0.15, 0.2) is 41.0 Å². The Kier molecular flexibility index (Phi) is 6.16. The van der Waals surface area contributed by atoms with Crippen LogP contribution >= 0.6 is 15.9 Å². The average Bonchev–Trinajstić information content (AvgIpc) is 3.64. The van der Waals surface area contributed by atoms with Crippen molar-refractivity contribution >= 4 is 50.4 Å². The number of carbonyl (C=O) groups is 3. The second-order valence-corrected chi connectivity index (χ2v) is 11.1. The third kappa shape index (κ3) is 4.26. The number of nitrogens with one attached hydrogen (secondary N) is 1. The number of aromatic nitrogens is 3. The third-order valence-corrected chi connectivity index (χ3v) is 8.79. The molecule has 1 unspecified atom stereocenters. The maximum absolute atomic E-state index is 14.0. The molecule has 1 atom stereocenters. The van der Waals surface area contributed by atoms with Crippen LogP contribution in [0.1, 0.15) is 35.3 Å². The van der Waals surface area contributed by atoms with Crippen LogP contribution in [0.25, 0.3) is 11.0 Å². The summed E-state index contributed by atoms with van der Waals surface area (Å²) in [5.41, 5.74) is 1.96. The number of nitrogens with zero attached hydrogens (tertiary/aromatic N) is 5. The predicted molar refractivity (Wildman–Crippen MR) is 138 cm³/mol. The molecule has 2 fully saturated rings. The van der Waals surface area contributed by atoms with Gasteiger partial charge in [-0.15, -0.1) is 0 Å². The topological polar surface area (TPSA) is 102 Å². The van der Waals surface area contributed by atoms with Crippen LogP contribution in [0.2, 0.25) is 0 Å². The molecule has 3 aromatic rings. The van der Waals surface area contributed by atoms with Gasteiger partial charge < -0.3 is 14.7 Å². The number of carbonyl (C=O) groups excluding carboxylic acids is 3. The third-order valence-electron chi connectivity index (χ3n) is 8.13. The zero-order chi connectivity index (χ0) is 27.5. The maximum atomic E-state index is 14.0. The molecular formula is C26H24BrF3N6O3. The first kappa shape index (κ1) is 25.8. The first-order valence-corrected chi connectivity index (χ1v) is 13.4. The molecule has 9 nitrogen and oxygen atoms in total. The number of likely N-dealkylation sites (tertiary alicyclic amines) is 2. The van der Waals surface area contributed by atoms with Crippen LogP contribution in [0.4, 0.5) is 18.9 Å². The van der Waals surface area contributed by atoms with E-state index in [4.69, 9.17) is 0 Å². The van der Waals surface area contributed by atoms with Crippen molar-refractivity contribution < 1.29 is 27.6 Å². The number of piperidine rings is 1. The summed E-state index contributed by atoms with van der Waals surface area (Å²) in [6.07, 6.45) is -2.27. The van der Waals surface area contributed by atoms with Crippen molar-refractivity contribution in [3.63, 3.8) is 0 Å². The molecule has 204 valence electrons. The molecule has 0 bridgehead atoms. The molecule has 0 radical (unpaired) electrons. The van der Waals surface area contributed by atoms with Crippen LogP contribution in [0, 0.1) is 5.92 Å². The first-order valence-electron chi connectivity index (χ1n) is 12.6. The van der Waals surface area contributed by atoms with Crippen LogP contribution in [0.5, 0.6) is 0 Å². The van der Waals surface area contributed by atoms with Gasteiger partial charge in [-0.25, -0.2) is 4.98 Å². The summed E-state index contributed by atoms with van der Waals surface area (Å²) in [6.45, 7) is -0.102. The molecule has 0 aliphatic carbocycles. The fraction of sp³-hybridized carbons (Fsp3) is 0.423. The molecule has 2 aromatic heterocycles. The number of fused-ring (bicyclic) bond motifs is 3. The Hall–Kier alpha value is -3.48. The van der Waals surface area contributed by atoms with E-state index < -0.39 is 30.0 Å². The van der Waals surface area contributed by atoms with E-state index in [0.29, 0.717) is 41.6 Å². The number of amides is 3. The van der Waals surface area contributed by atoms with Crippen molar-refractivity contribution in [3.05, 3.63) is 52.3 Å². The van der Waals surface area contributed by atoms with Crippen LogP contribution in [-0.2, 0) is 15.0 Å². The largest absolute Gasteiger partial charge is 0.393 e. The number of hydrogen-bond donors (Lipinski definition) is 1. The van der Waals surface area contributed by atoms with Gasteiger partial charge in [-0.05, 0) is 43.5 Å². The van der Waals surface area contributed by atoms with Crippen molar-refractivity contribution in [1.29, 1.82) is 0 Å². The minimum absolute atomic E-state index is 0.0112. The Morgan fingerprint density at radius 3 is 2.59 bits per heavy atom. The van der Waals surface area contributed by atoms with Crippen molar-refractivity contribution in [2.45, 2.75) is 30.9 Å². The lowest BCUT2D eigenvalue weighted by Crippen LogP contribution is -2.51. The number of rotatable bonds is 3. The molecular weight excluding hydrogens is 581 g/mol. The summed E-state index contributed by atoms with van der Waals surface area (Å²) in [5.74, 6) is -2.57. The number of hydrogen-bond acceptors (Lipinski definition) is 5. The lowest BCUT2D eigenvalue weighted by Gasteiger charge is -2.38. The number of alkyl halides is 3. The molecule has 13 heteroatoms. The quantitative estimate of drug-likeness (QED) is 0.492. The molecule has 3 aliphatic rings. The van der Waals surface area contributed by atoms with Gasteiger partial charge in [-0.1, -0.05) is 22.0 Å². The number of aromatic amines is 1. The van der Waals surface area contributed by atoms with E-state index in [1.54, 1.807) is 35.4 Å². The maximum Gasteiger partial charge on any atom is 0.393 e. The normalized spacial score (nSPS) is 20.8. The monoisotopic (exact) mass is 604 g/mol. The Labute approximate surface area is 229 Å². The van der Waals surface area contributed by atoms with E-state index >= 15 is 0 Å². The molecule has 5 heterocycles. The summed E-state index contributed by atoms with van der Waals surface area (Å²) >= 11 is 3.58. The highest BCUT2D eigenvalue weighted by molar-refractivity contribution is 9.10. The fourth-order valence-electron chi connectivity index (χ4n) is 6.00. The molecule has 39 heavy (non-hydrogen) atoms. The smallest absolute Gasteiger partial charge is 0.341 e. The molecule has 0 saturated carbocycles. The summed E-state index contributed by atoms with van der Waals surface area (Å²) in [4.78, 5) is 48.9. The highest BCUT2D eigenvalue weighted by atomic mass is 79.9. The van der Waals surface area contributed by atoms with Gasteiger partial charge in [0.2, 0.25) is 11.8 Å². The van der Waals surface area contributed by atoms with E-state index in [2.05, 4.69) is 31.1 Å². The number of benzene rings is 1. The first-order chi connectivity index (χ1) is 18.6. The Bertz CT molecular complexity index is 1480. The van der Waals surface area contributed by atoms with Gasteiger partial charge in [-0.2, -0.15) is 18.3 Å². The van der Waals surface area contributed by atoms with Crippen molar-refractivity contribution in [2.75, 3.05) is 37.6 Å². The van der Waals surface area contributed by atoms with Gasteiger partial charge in [-0.3, -0.25) is 19.5 Å². The van der Waals surface area contributed by atoms with Gasteiger partial charge in [0.25, 0.3) is 5.91 Å². The SMILES string of the molecule is O=C(CN1C(=O)C2(CCN(C(=O)c3ccc4[nH]ncc4n3)CC2)c2c(Br)cccc21)N1CCC(C(F)(F)F)C1. The number of halogens is 4. The lowest BCUT2D eigenvalue weighted by atomic mass is 9.73. The average molecular weight is 605 g/mol. The zero-order valence-electron chi connectivity index (χ0n) is 20.7. The minimum atomic E-state index is -4.36. The number of H-pyrrole nitrogens is 1. The molecule has 3 amide bonds. The van der Waals surface area contributed by atoms with Gasteiger partial charge in [0, 0.05) is 41.9 Å². The molecule has 1 aromatic carbocycles. The second kappa shape index (κ2) is 9.32. The minimum Gasteiger partial charge on any atom is -0.341 e. The second-order valence-electron chi connectivity index (χ2n) is 10.3. The van der Waals surface area contributed by atoms with Crippen molar-refractivity contribution in [1.82, 2.24) is 25.0 Å². The van der Waals surface area contributed by atoms with Crippen LogP contribution in [-0.4, -0.2) is 81.6 Å². The van der Waals surface area contributed by atoms with Gasteiger partial charge in [0.1, 0.15) is 17.8 Å². The summed E-state index contributed by atoms with van der Waals surface area (Å²) < 4.78 is 40.2. The molecule has 6 rings (SSSR count). The van der Waals surface area contributed by atoms with E-state index in [1.165, 1.54) is 9.80 Å². The molecule has 1 N–H and O–H groups in total. The number of pyridine rings is 1. The van der Waals surface area contributed by atoms with Crippen molar-refractivity contribution in [2.24, 2.45) is 5.92 Å². The van der Waals surface area contributed by atoms with E-state index in [1.807, 2.05) is 6.07 Å². The van der Waals surface area contributed by atoms with Crippen LogP contribution < -0.4 is 4.90 Å². The highest BCUT2D eigenvalue weighted by Crippen LogP contribution is 2.51. The summed E-state index contributed by atoms with van der Waals surface area (Å²) in [6, 6.07) is 8.72. The Morgan fingerprint density at radius 1 is 1.10 bits per heavy atom. The van der Waals surface area contributed by atoms with E-state index in [9.17, 15) is 27.6 Å². The van der Waals surface area contributed by atoms with Crippen molar-refractivity contribution in [3.8, 4) is 0 Å². The Balaban J connectivity index is 1.21. The number of anilines is 1. The summed E-state index contributed by atoms with van der Waals surface area (Å²) in [7, 11) is 0. The molecule has 3 aliphatic heterocycles. The van der Waals surface area contributed by atoms with Gasteiger partial charge in [0.05, 0.1) is 23.0 Å². The zero-order valence-corrected chi connectivity index (χ0v) is 22.3. The standard InChI is InChI=1S/C26H24BrF3N6O3/c27-16-2-1-3-20-22(16)25(24(39)36(20)14-21(37)35-9-6-15(13-35)26(28,29)30)7-10-34(11-8-25)23(38)18-5-4-17-19(32-18)12-31-33-17/h1-5,12,15H,6-11,13-14H2,(H,31,33). The molecule has 1 spiro atoms. The lowest BCUT2D eigenvalue weighted by molar-refractivity contribution is -0.171. The van der Waals surface area contributed by atoms with Gasteiger partial charge in [0.15, 0.2) is 0 Å². The van der Waals surface area contributed by atoms with Gasteiger partial charge >= 0.3 is 6.18 Å². The van der Waals surface area contributed by atoms with Crippen LogP contribution in [0.3, 0.4) is 0 Å².